The van der Waals surface area contributed by atoms with Crippen molar-refractivity contribution in [2.45, 2.75) is 51.5 Å². The van der Waals surface area contributed by atoms with E-state index in [4.69, 9.17) is 5.73 Å². The van der Waals surface area contributed by atoms with Crippen LogP contribution < -0.4 is 5.73 Å². The molecule has 0 saturated heterocycles. The van der Waals surface area contributed by atoms with E-state index >= 15 is 0 Å². The molecule has 2 N–H and O–H groups in total. The summed E-state index contributed by atoms with van der Waals surface area (Å²) in [6.07, 6.45) is 11.3. The Morgan fingerprint density at radius 1 is 1.27 bits per heavy atom. The smallest absolute Gasteiger partial charge is 0.0315 e. The van der Waals surface area contributed by atoms with E-state index in [1.54, 1.807) is 6.20 Å². The molecule has 1 atom stereocenters. The number of nitrogens with two attached hydrogens (primary N) is 1. The van der Waals surface area contributed by atoms with Gasteiger partial charge in [0.1, 0.15) is 0 Å². The van der Waals surface area contributed by atoms with Gasteiger partial charge in [-0.25, -0.2) is 0 Å². The molecule has 1 aromatic rings. The number of nitrogens with zero attached hydrogens (tertiary/aromatic N) is 1. The maximum atomic E-state index is 6.07. The number of aromatic nitrogens is 1. The normalized spacial score (nSPS) is 12.7. The highest BCUT2D eigenvalue weighted by Gasteiger charge is 2.04. The summed E-state index contributed by atoms with van der Waals surface area (Å²) in [5.74, 6) is 0. The molecule has 2 heteroatoms. The predicted molar refractivity (Wildman–Crippen MR) is 64.5 cm³/mol. The molecule has 1 aromatic heterocycles. The zero-order valence-electron chi connectivity index (χ0n) is 9.65. The van der Waals surface area contributed by atoms with Gasteiger partial charge in [0.15, 0.2) is 0 Å². The topological polar surface area (TPSA) is 38.9 Å². The quantitative estimate of drug-likeness (QED) is 0.694. The largest absolute Gasteiger partial charge is 0.324 e. The number of hydrogen-bond acceptors (Lipinski definition) is 2. The van der Waals surface area contributed by atoms with Crippen molar-refractivity contribution in [2.75, 3.05) is 0 Å². The number of unbranched alkanes of at least 4 members (excludes halogenated alkanes) is 4. The second-order valence-electron chi connectivity index (χ2n) is 4.10. The molecule has 1 unspecified atom stereocenters. The van der Waals surface area contributed by atoms with E-state index in [1.807, 2.05) is 12.3 Å². The van der Waals surface area contributed by atoms with Gasteiger partial charge in [-0.2, -0.15) is 0 Å². The van der Waals surface area contributed by atoms with Gasteiger partial charge in [-0.1, -0.05) is 45.1 Å². The van der Waals surface area contributed by atoms with Crippen LogP contribution in [0.15, 0.2) is 24.5 Å². The Hall–Kier alpha value is -0.890. The molecule has 0 aliphatic carbocycles. The summed E-state index contributed by atoms with van der Waals surface area (Å²) in [5.41, 5.74) is 7.23. The fraction of sp³-hybridized carbons (Fsp3) is 0.615. The van der Waals surface area contributed by atoms with Crippen LogP contribution in [0.2, 0.25) is 0 Å². The van der Waals surface area contributed by atoms with Gasteiger partial charge in [0.05, 0.1) is 0 Å². The Morgan fingerprint density at radius 3 is 2.73 bits per heavy atom. The molecule has 84 valence electrons. The number of pyridine rings is 1. The molecule has 1 heterocycles. The molecule has 0 aliphatic heterocycles. The van der Waals surface area contributed by atoms with Crippen LogP contribution in [0.5, 0.6) is 0 Å². The van der Waals surface area contributed by atoms with Crippen LogP contribution in [0.3, 0.4) is 0 Å². The summed E-state index contributed by atoms with van der Waals surface area (Å²) >= 11 is 0. The molecule has 0 radical (unpaired) electrons. The number of hydrogen-bond donors (Lipinski definition) is 1. The molecular weight excluding hydrogens is 184 g/mol. The Kier molecular flexibility index (Phi) is 6.02. The number of rotatable bonds is 7. The van der Waals surface area contributed by atoms with Crippen molar-refractivity contribution in [3.05, 3.63) is 30.1 Å². The van der Waals surface area contributed by atoms with E-state index in [9.17, 15) is 0 Å². The van der Waals surface area contributed by atoms with Crippen LogP contribution in [0, 0.1) is 0 Å². The molecule has 0 aliphatic rings. The fourth-order valence-corrected chi connectivity index (χ4v) is 1.73. The first kappa shape index (κ1) is 12.2. The Labute approximate surface area is 92.9 Å². The third-order valence-electron chi connectivity index (χ3n) is 2.73. The molecule has 15 heavy (non-hydrogen) atoms. The lowest BCUT2D eigenvalue weighted by Crippen LogP contribution is -2.10. The molecule has 2 nitrogen and oxygen atoms in total. The Bertz CT molecular complexity index is 246. The van der Waals surface area contributed by atoms with Crippen LogP contribution in [0.25, 0.3) is 0 Å². The molecular formula is C13H22N2. The molecule has 1 rings (SSSR count). The average Bonchev–Trinajstić information content (AvgIpc) is 2.30. The second-order valence-corrected chi connectivity index (χ2v) is 4.10. The van der Waals surface area contributed by atoms with E-state index in [1.165, 1.54) is 32.1 Å². The van der Waals surface area contributed by atoms with Gasteiger partial charge in [-0.3, -0.25) is 4.98 Å². The lowest BCUT2D eigenvalue weighted by atomic mass is 10.0. The summed E-state index contributed by atoms with van der Waals surface area (Å²) in [4.78, 5) is 4.08. The standard InChI is InChI=1S/C13H22N2/c1-2-3-4-5-6-9-13(14)12-8-7-10-15-11-12/h7-8,10-11,13H,2-6,9,14H2,1H3. The molecule has 0 aromatic carbocycles. The van der Waals surface area contributed by atoms with Crippen molar-refractivity contribution in [3.63, 3.8) is 0 Å². The second kappa shape index (κ2) is 7.41. The summed E-state index contributed by atoms with van der Waals surface area (Å²) in [6.45, 7) is 2.24. The zero-order valence-corrected chi connectivity index (χ0v) is 9.65. The third-order valence-corrected chi connectivity index (χ3v) is 2.73. The predicted octanol–water partition coefficient (Wildman–Crippen LogP) is 3.44. The average molecular weight is 206 g/mol. The summed E-state index contributed by atoms with van der Waals surface area (Å²) < 4.78 is 0. The summed E-state index contributed by atoms with van der Waals surface area (Å²) in [5, 5.41) is 0. The minimum atomic E-state index is 0.167. The van der Waals surface area contributed by atoms with E-state index < -0.39 is 0 Å². The van der Waals surface area contributed by atoms with Gasteiger partial charge in [0, 0.05) is 18.4 Å². The highest BCUT2D eigenvalue weighted by atomic mass is 14.7. The van der Waals surface area contributed by atoms with Crippen molar-refractivity contribution in [1.29, 1.82) is 0 Å². The molecule has 0 spiro atoms. The molecule has 0 saturated carbocycles. The van der Waals surface area contributed by atoms with Crippen molar-refractivity contribution in [3.8, 4) is 0 Å². The van der Waals surface area contributed by atoms with Gasteiger partial charge in [0.2, 0.25) is 0 Å². The van der Waals surface area contributed by atoms with Crippen molar-refractivity contribution in [1.82, 2.24) is 4.98 Å². The maximum absolute atomic E-state index is 6.07. The van der Waals surface area contributed by atoms with Crippen LogP contribution in [0.4, 0.5) is 0 Å². The molecule has 0 fully saturated rings. The highest BCUT2D eigenvalue weighted by molar-refractivity contribution is 5.12. The van der Waals surface area contributed by atoms with Crippen molar-refractivity contribution in [2.24, 2.45) is 5.73 Å². The van der Waals surface area contributed by atoms with Crippen LogP contribution in [-0.4, -0.2) is 4.98 Å². The van der Waals surface area contributed by atoms with Crippen molar-refractivity contribution >= 4 is 0 Å². The third kappa shape index (κ3) is 4.93. The maximum Gasteiger partial charge on any atom is 0.0315 e. The first-order chi connectivity index (χ1) is 7.34. The van der Waals surface area contributed by atoms with E-state index in [0.29, 0.717) is 0 Å². The fourth-order valence-electron chi connectivity index (χ4n) is 1.73. The molecule has 0 amide bonds. The minimum absolute atomic E-state index is 0.167. The summed E-state index contributed by atoms with van der Waals surface area (Å²) in [7, 11) is 0. The SMILES string of the molecule is CCCCCCCC(N)c1cccnc1. The van der Waals surface area contributed by atoms with Gasteiger partial charge in [-0.15, -0.1) is 0 Å². The lowest BCUT2D eigenvalue weighted by molar-refractivity contribution is 0.554. The van der Waals surface area contributed by atoms with Gasteiger partial charge in [0.25, 0.3) is 0 Å². The van der Waals surface area contributed by atoms with Gasteiger partial charge in [-0.05, 0) is 18.1 Å². The Morgan fingerprint density at radius 2 is 2.07 bits per heavy atom. The van der Waals surface area contributed by atoms with E-state index in [2.05, 4.69) is 18.0 Å². The van der Waals surface area contributed by atoms with Crippen molar-refractivity contribution < 1.29 is 0 Å². The van der Waals surface area contributed by atoms with Gasteiger partial charge < -0.3 is 5.73 Å². The van der Waals surface area contributed by atoms with E-state index in [-0.39, 0.29) is 6.04 Å². The minimum Gasteiger partial charge on any atom is -0.324 e. The highest BCUT2D eigenvalue weighted by Crippen LogP contribution is 2.16. The van der Waals surface area contributed by atoms with Crippen LogP contribution >= 0.6 is 0 Å². The monoisotopic (exact) mass is 206 g/mol. The van der Waals surface area contributed by atoms with Crippen LogP contribution in [0.1, 0.15) is 57.1 Å². The lowest BCUT2D eigenvalue weighted by Gasteiger charge is -2.10. The van der Waals surface area contributed by atoms with Crippen LogP contribution in [-0.2, 0) is 0 Å². The zero-order chi connectivity index (χ0) is 10.9. The summed E-state index contributed by atoms with van der Waals surface area (Å²) in [6, 6.07) is 4.18. The molecule has 0 bridgehead atoms. The van der Waals surface area contributed by atoms with E-state index in [0.717, 1.165) is 12.0 Å². The Balaban J connectivity index is 2.16. The first-order valence-electron chi connectivity index (χ1n) is 6.00. The van der Waals surface area contributed by atoms with Gasteiger partial charge >= 0.3 is 0 Å². The first-order valence-corrected chi connectivity index (χ1v) is 6.00.